The zero-order valence-corrected chi connectivity index (χ0v) is 15.7. The molecule has 27 heavy (non-hydrogen) atoms. The lowest BCUT2D eigenvalue weighted by atomic mass is 9.93. The van der Waals surface area contributed by atoms with E-state index in [0.717, 1.165) is 36.3 Å². The Labute approximate surface area is 157 Å². The van der Waals surface area contributed by atoms with Crippen LogP contribution in [0.5, 0.6) is 0 Å². The zero-order valence-electron chi connectivity index (χ0n) is 15.7. The predicted octanol–water partition coefficient (Wildman–Crippen LogP) is 2.81. The predicted molar refractivity (Wildman–Crippen MR) is 98.9 cm³/mol. The first kappa shape index (κ1) is 17.6. The number of oxazole rings is 1. The third kappa shape index (κ3) is 3.43. The summed E-state index contributed by atoms with van der Waals surface area (Å²) in [5.74, 6) is 1.28. The summed E-state index contributed by atoms with van der Waals surface area (Å²) in [7, 11) is 0. The number of hydrogen-bond acceptors (Lipinski definition) is 6. The van der Waals surface area contributed by atoms with Crippen LogP contribution in [0, 0.1) is 5.92 Å². The van der Waals surface area contributed by atoms with E-state index in [4.69, 9.17) is 4.42 Å². The summed E-state index contributed by atoms with van der Waals surface area (Å²) >= 11 is 0. The number of tetrazole rings is 1. The molecule has 1 aromatic carbocycles. The third-order valence-corrected chi connectivity index (χ3v) is 5.55. The second-order valence-corrected chi connectivity index (χ2v) is 7.24. The van der Waals surface area contributed by atoms with Gasteiger partial charge in [-0.15, -0.1) is 5.10 Å². The molecule has 2 atom stereocenters. The van der Waals surface area contributed by atoms with Crippen molar-refractivity contribution in [2.24, 2.45) is 5.92 Å². The molecule has 0 N–H and O–H groups in total. The minimum Gasteiger partial charge on any atom is -0.440 e. The van der Waals surface area contributed by atoms with E-state index in [2.05, 4.69) is 34.4 Å². The highest BCUT2D eigenvalue weighted by Crippen LogP contribution is 2.31. The Balaban J connectivity index is 1.45. The van der Waals surface area contributed by atoms with Gasteiger partial charge in [-0.2, -0.15) is 0 Å². The molecule has 3 aromatic rings. The molecule has 1 amide bonds. The molecule has 0 bridgehead atoms. The van der Waals surface area contributed by atoms with Crippen LogP contribution in [-0.2, 0) is 4.79 Å². The van der Waals surface area contributed by atoms with Crippen LogP contribution in [0.1, 0.15) is 51.0 Å². The summed E-state index contributed by atoms with van der Waals surface area (Å²) in [6.07, 6.45) is 4.11. The lowest BCUT2D eigenvalue weighted by molar-refractivity contribution is -0.138. The first-order valence-electron chi connectivity index (χ1n) is 9.54. The number of likely N-dealkylation sites (tertiary alicyclic amines) is 1. The average Bonchev–Trinajstić information content (AvgIpc) is 3.38. The van der Waals surface area contributed by atoms with E-state index in [9.17, 15) is 4.79 Å². The Morgan fingerprint density at radius 3 is 2.74 bits per heavy atom. The molecule has 4 rings (SSSR count). The molecule has 0 saturated carbocycles. The number of carbonyl (C=O) groups is 1. The summed E-state index contributed by atoms with van der Waals surface area (Å²) in [6.45, 7) is 5.53. The topological polar surface area (TPSA) is 89.9 Å². The maximum Gasteiger partial charge on any atom is 0.247 e. The van der Waals surface area contributed by atoms with Crippen LogP contribution in [-0.4, -0.2) is 49.1 Å². The molecular formula is C19H24N6O2. The summed E-state index contributed by atoms with van der Waals surface area (Å²) in [6, 6.07) is 7.46. The quantitative estimate of drug-likeness (QED) is 0.688. The number of piperidine rings is 1. The van der Waals surface area contributed by atoms with E-state index in [0.29, 0.717) is 13.1 Å². The van der Waals surface area contributed by atoms with Crippen LogP contribution in [0.25, 0.3) is 11.1 Å². The molecule has 1 aliphatic rings. The summed E-state index contributed by atoms with van der Waals surface area (Å²) in [4.78, 5) is 19.7. The SMILES string of the molecule is CCC(C)C(C(=O)N1CCC(c2nc3ccccc3o2)CC1)n1cnnn1. The van der Waals surface area contributed by atoms with Crippen molar-refractivity contribution >= 4 is 17.0 Å². The summed E-state index contributed by atoms with van der Waals surface area (Å²) in [5, 5.41) is 11.4. The van der Waals surface area contributed by atoms with Gasteiger partial charge in [0.2, 0.25) is 5.91 Å². The van der Waals surface area contributed by atoms with Gasteiger partial charge in [0.05, 0.1) is 0 Å². The summed E-state index contributed by atoms with van der Waals surface area (Å²) in [5.41, 5.74) is 1.71. The smallest absolute Gasteiger partial charge is 0.247 e. The fraction of sp³-hybridized carbons (Fsp3) is 0.526. The molecule has 8 nitrogen and oxygen atoms in total. The van der Waals surface area contributed by atoms with E-state index in [1.54, 1.807) is 4.68 Å². The molecule has 1 fully saturated rings. The van der Waals surface area contributed by atoms with Crippen LogP contribution < -0.4 is 0 Å². The fourth-order valence-corrected chi connectivity index (χ4v) is 3.73. The van der Waals surface area contributed by atoms with Crippen LogP contribution in [0.3, 0.4) is 0 Å². The maximum atomic E-state index is 13.2. The van der Waals surface area contributed by atoms with Crippen molar-refractivity contribution in [3.05, 3.63) is 36.5 Å². The van der Waals surface area contributed by atoms with Gasteiger partial charge in [-0.1, -0.05) is 32.4 Å². The van der Waals surface area contributed by atoms with Crippen molar-refractivity contribution in [2.75, 3.05) is 13.1 Å². The lowest BCUT2D eigenvalue weighted by Gasteiger charge is -2.34. The number of amides is 1. The van der Waals surface area contributed by atoms with Crippen molar-refractivity contribution in [1.29, 1.82) is 0 Å². The minimum absolute atomic E-state index is 0.0904. The van der Waals surface area contributed by atoms with Gasteiger partial charge in [0.1, 0.15) is 17.9 Å². The minimum atomic E-state index is -0.356. The van der Waals surface area contributed by atoms with Gasteiger partial charge in [0.15, 0.2) is 11.5 Å². The molecule has 8 heteroatoms. The van der Waals surface area contributed by atoms with Gasteiger partial charge in [-0.25, -0.2) is 9.67 Å². The van der Waals surface area contributed by atoms with E-state index >= 15 is 0 Å². The number of rotatable bonds is 5. The molecular weight excluding hydrogens is 344 g/mol. The van der Waals surface area contributed by atoms with Crippen molar-refractivity contribution in [3.63, 3.8) is 0 Å². The average molecular weight is 368 g/mol. The van der Waals surface area contributed by atoms with Crippen molar-refractivity contribution in [3.8, 4) is 0 Å². The Morgan fingerprint density at radius 2 is 2.07 bits per heavy atom. The Morgan fingerprint density at radius 1 is 1.30 bits per heavy atom. The van der Waals surface area contributed by atoms with Crippen LogP contribution >= 0.6 is 0 Å². The first-order valence-corrected chi connectivity index (χ1v) is 9.54. The van der Waals surface area contributed by atoms with Crippen LogP contribution in [0.15, 0.2) is 35.0 Å². The highest BCUT2D eigenvalue weighted by molar-refractivity contribution is 5.80. The Kier molecular flexibility index (Phi) is 4.87. The molecule has 3 heterocycles. The van der Waals surface area contributed by atoms with E-state index < -0.39 is 0 Å². The van der Waals surface area contributed by atoms with E-state index in [1.807, 2.05) is 29.2 Å². The molecule has 142 valence electrons. The fourth-order valence-electron chi connectivity index (χ4n) is 3.73. The Hall–Kier alpha value is -2.77. The highest BCUT2D eigenvalue weighted by Gasteiger charge is 2.34. The Bertz CT molecular complexity index is 865. The van der Waals surface area contributed by atoms with Crippen molar-refractivity contribution < 1.29 is 9.21 Å². The molecule has 0 radical (unpaired) electrons. The zero-order chi connectivity index (χ0) is 18.8. The molecule has 2 aromatic heterocycles. The van der Waals surface area contributed by atoms with Gasteiger partial charge in [-0.3, -0.25) is 4.79 Å². The monoisotopic (exact) mass is 368 g/mol. The third-order valence-electron chi connectivity index (χ3n) is 5.55. The van der Waals surface area contributed by atoms with Crippen molar-refractivity contribution in [1.82, 2.24) is 30.1 Å². The molecule has 2 unspecified atom stereocenters. The number of aromatic nitrogens is 5. The van der Waals surface area contributed by atoms with Crippen LogP contribution in [0.4, 0.5) is 0 Å². The first-order chi connectivity index (χ1) is 13.2. The number of fused-ring (bicyclic) bond motifs is 1. The number of benzene rings is 1. The van der Waals surface area contributed by atoms with Crippen molar-refractivity contribution in [2.45, 2.75) is 45.1 Å². The number of para-hydroxylation sites is 2. The van der Waals surface area contributed by atoms with E-state index in [1.165, 1.54) is 6.33 Å². The number of hydrogen-bond donors (Lipinski definition) is 0. The summed E-state index contributed by atoms with van der Waals surface area (Å²) < 4.78 is 7.51. The molecule has 1 aliphatic heterocycles. The highest BCUT2D eigenvalue weighted by atomic mass is 16.3. The van der Waals surface area contributed by atoms with Gasteiger partial charge in [0.25, 0.3) is 0 Å². The second kappa shape index (κ2) is 7.46. The molecule has 1 saturated heterocycles. The van der Waals surface area contributed by atoms with E-state index in [-0.39, 0.29) is 23.8 Å². The normalized spacial score (nSPS) is 17.9. The molecule has 0 aliphatic carbocycles. The van der Waals surface area contributed by atoms with Gasteiger partial charge >= 0.3 is 0 Å². The van der Waals surface area contributed by atoms with Gasteiger partial charge in [0, 0.05) is 19.0 Å². The standard InChI is InChI=1S/C19H24N6O2/c1-3-13(2)17(25-12-20-22-23-25)19(26)24-10-8-14(9-11-24)18-21-15-6-4-5-7-16(15)27-18/h4-7,12-14,17H,3,8-11H2,1-2H3. The van der Waals surface area contributed by atoms with Gasteiger partial charge in [-0.05, 0) is 41.3 Å². The van der Waals surface area contributed by atoms with Gasteiger partial charge < -0.3 is 9.32 Å². The lowest BCUT2D eigenvalue weighted by Crippen LogP contribution is -2.44. The largest absolute Gasteiger partial charge is 0.440 e. The number of nitrogens with zero attached hydrogens (tertiary/aromatic N) is 6. The molecule has 0 spiro atoms. The van der Waals surface area contributed by atoms with Crippen LogP contribution in [0.2, 0.25) is 0 Å². The second-order valence-electron chi connectivity index (χ2n) is 7.24. The maximum absolute atomic E-state index is 13.2. The number of carbonyl (C=O) groups excluding carboxylic acids is 1.